The average Bonchev–Trinajstić information content (AvgIpc) is 2.49. The highest BCUT2D eigenvalue weighted by Gasteiger charge is 2.20. The van der Waals surface area contributed by atoms with Crippen LogP contribution in [-0.2, 0) is 15.8 Å². The largest absolute Gasteiger partial charge is 0.216 e. The molecular formula is C18H22BrNO2S. The van der Waals surface area contributed by atoms with Crippen LogP contribution in [0.4, 0.5) is 0 Å². The van der Waals surface area contributed by atoms with Gasteiger partial charge in [-0.2, -0.15) is 0 Å². The topological polar surface area (TPSA) is 46.2 Å². The van der Waals surface area contributed by atoms with Gasteiger partial charge in [0.25, 0.3) is 0 Å². The zero-order chi connectivity index (χ0) is 16.9. The second-order valence-corrected chi connectivity index (χ2v) is 8.77. The fourth-order valence-electron chi connectivity index (χ4n) is 2.47. The van der Waals surface area contributed by atoms with Crippen molar-refractivity contribution in [3.63, 3.8) is 0 Å². The molecule has 0 heterocycles. The van der Waals surface area contributed by atoms with Crippen LogP contribution in [-0.4, -0.2) is 8.42 Å². The molecule has 0 saturated heterocycles. The van der Waals surface area contributed by atoms with Gasteiger partial charge in [-0.3, -0.25) is 0 Å². The molecule has 0 aliphatic rings. The summed E-state index contributed by atoms with van der Waals surface area (Å²) in [4.78, 5) is 0. The fraction of sp³-hybridized carbons (Fsp3) is 0.333. The Kier molecular flexibility index (Phi) is 6.39. The van der Waals surface area contributed by atoms with E-state index < -0.39 is 10.0 Å². The maximum atomic E-state index is 12.5. The summed E-state index contributed by atoms with van der Waals surface area (Å²) in [5, 5.41) is 0. The lowest BCUT2D eigenvalue weighted by molar-refractivity contribution is 0.472. The molecule has 0 spiro atoms. The van der Waals surface area contributed by atoms with E-state index in [4.69, 9.17) is 0 Å². The number of hydrogen-bond donors (Lipinski definition) is 1. The van der Waals surface area contributed by atoms with Crippen molar-refractivity contribution in [3.8, 4) is 0 Å². The summed E-state index contributed by atoms with van der Waals surface area (Å²) >= 11 is 3.36. The monoisotopic (exact) mass is 395 g/mol. The van der Waals surface area contributed by atoms with Crippen LogP contribution in [0.3, 0.4) is 0 Å². The minimum absolute atomic E-state index is 0.0122. The maximum absolute atomic E-state index is 12.5. The molecular weight excluding hydrogens is 374 g/mol. The predicted molar refractivity (Wildman–Crippen MR) is 98.5 cm³/mol. The molecule has 0 bridgehead atoms. The summed E-state index contributed by atoms with van der Waals surface area (Å²) in [5.74, 6) is 0.386. The zero-order valence-corrected chi connectivity index (χ0v) is 15.8. The Morgan fingerprint density at radius 3 is 2.17 bits per heavy atom. The quantitative estimate of drug-likeness (QED) is 0.740. The van der Waals surface area contributed by atoms with Gasteiger partial charge in [-0.1, -0.05) is 72.2 Å². The average molecular weight is 396 g/mol. The van der Waals surface area contributed by atoms with E-state index in [9.17, 15) is 8.42 Å². The lowest BCUT2D eigenvalue weighted by Crippen LogP contribution is -2.30. The molecule has 1 N–H and O–H groups in total. The highest BCUT2D eigenvalue weighted by molar-refractivity contribution is 9.10. The van der Waals surface area contributed by atoms with Gasteiger partial charge in [0.05, 0.1) is 5.75 Å². The van der Waals surface area contributed by atoms with Gasteiger partial charge >= 0.3 is 0 Å². The Bertz CT molecular complexity index is 712. The Morgan fingerprint density at radius 1 is 1.00 bits per heavy atom. The highest BCUT2D eigenvalue weighted by Crippen LogP contribution is 2.23. The molecule has 0 aliphatic heterocycles. The first-order valence-corrected chi connectivity index (χ1v) is 10.1. The summed E-state index contributed by atoms with van der Waals surface area (Å²) < 4.78 is 28.9. The Labute approximate surface area is 147 Å². The van der Waals surface area contributed by atoms with Crippen LogP contribution in [0.5, 0.6) is 0 Å². The van der Waals surface area contributed by atoms with Gasteiger partial charge < -0.3 is 0 Å². The van der Waals surface area contributed by atoms with E-state index in [2.05, 4.69) is 34.5 Å². The van der Waals surface area contributed by atoms with Crippen molar-refractivity contribution in [2.75, 3.05) is 0 Å². The molecule has 3 nitrogen and oxygen atoms in total. The molecule has 2 aromatic rings. The van der Waals surface area contributed by atoms with E-state index in [-0.39, 0.29) is 11.8 Å². The number of rotatable bonds is 7. The molecule has 5 heteroatoms. The third-order valence-electron chi connectivity index (χ3n) is 3.50. The van der Waals surface area contributed by atoms with Crippen molar-refractivity contribution < 1.29 is 8.42 Å². The second kappa shape index (κ2) is 8.08. The summed E-state index contributed by atoms with van der Waals surface area (Å²) in [5.41, 5.74) is 1.78. The normalized spacial score (nSPS) is 13.2. The lowest BCUT2D eigenvalue weighted by Gasteiger charge is -2.21. The van der Waals surface area contributed by atoms with Crippen LogP contribution >= 0.6 is 15.9 Å². The summed E-state index contributed by atoms with van der Waals surface area (Å²) in [7, 11) is -3.41. The van der Waals surface area contributed by atoms with Gasteiger partial charge in [-0.15, -0.1) is 0 Å². The molecule has 0 fully saturated rings. The molecule has 124 valence electrons. The Balaban J connectivity index is 2.15. The number of hydrogen-bond acceptors (Lipinski definition) is 2. The molecule has 0 aliphatic carbocycles. The zero-order valence-electron chi connectivity index (χ0n) is 13.4. The van der Waals surface area contributed by atoms with Crippen molar-refractivity contribution in [1.82, 2.24) is 4.72 Å². The molecule has 23 heavy (non-hydrogen) atoms. The molecule has 0 radical (unpaired) electrons. The van der Waals surface area contributed by atoms with Gasteiger partial charge in [0.2, 0.25) is 10.0 Å². The molecule has 1 atom stereocenters. The number of nitrogens with one attached hydrogen (secondary N) is 1. The summed E-state index contributed by atoms with van der Waals surface area (Å²) in [6, 6.07) is 16.9. The van der Waals surface area contributed by atoms with Crippen LogP contribution in [0.15, 0.2) is 59.1 Å². The van der Waals surface area contributed by atoms with E-state index in [0.29, 0.717) is 5.92 Å². The van der Waals surface area contributed by atoms with Crippen LogP contribution in [0.2, 0.25) is 0 Å². The van der Waals surface area contributed by atoms with E-state index in [1.165, 1.54) is 0 Å². The van der Waals surface area contributed by atoms with E-state index >= 15 is 0 Å². The first-order valence-electron chi connectivity index (χ1n) is 7.65. The first-order chi connectivity index (χ1) is 10.9. The molecule has 0 unspecified atom stereocenters. The molecule has 0 aromatic heterocycles. The van der Waals surface area contributed by atoms with Gasteiger partial charge in [-0.05, 0) is 35.6 Å². The van der Waals surface area contributed by atoms with Crippen LogP contribution in [0, 0.1) is 5.92 Å². The van der Waals surface area contributed by atoms with Gasteiger partial charge in [0, 0.05) is 10.5 Å². The standard InChI is InChI=1S/C18H22BrNO2S/c1-14(2)12-18(16-6-4-3-5-7-16)20-23(21,22)13-15-8-10-17(19)11-9-15/h3-11,14,18,20H,12-13H2,1-2H3/t18-/m0/s1. The maximum Gasteiger partial charge on any atom is 0.216 e. The van der Waals surface area contributed by atoms with Crippen LogP contribution in [0.25, 0.3) is 0 Å². The molecule has 2 aromatic carbocycles. The first kappa shape index (κ1) is 18.2. The molecule has 2 rings (SSSR count). The third kappa shape index (κ3) is 6.09. The molecule has 0 amide bonds. The Hall–Kier alpha value is -1.17. The summed E-state index contributed by atoms with van der Waals surface area (Å²) in [6.07, 6.45) is 0.767. The van der Waals surface area contributed by atoms with Gasteiger partial charge in [0.1, 0.15) is 0 Å². The SMILES string of the molecule is CC(C)C[C@H](NS(=O)(=O)Cc1ccc(Br)cc1)c1ccccc1. The third-order valence-corrected chi connectivity index (χ3v) is 5.39. The van der Waals surface area contributed by atoms with Gasteiger partial charge in [0.15, 0.2) is 0 Å². The van der Waals surface area contributed by atoms with E-state index in [1.54, 1.807) is 0 Å². The lowest BCUT2D eigenvalue weighted by atomic mass is 9.98. The second-order valence-electron chi connectivity index (χ2n) is 6.10. The highest BCUT2D eigenvalue weighted by atomic mass is 79.9. The smallest absolute Gasteiger partial charge is 0.212 e. The molecule has 0 saturated carbocycles. The number of sulfonamides is 1. The van der Waals surface area contributed by atoms with E-state index in [1.807, 2.05) is 54.6 Å². The number of benzene rings is 2. The van der Waals surface area contributed by atoms with Crippen molar-refractivity contribution >= 4 is 26.0 Å². The minimum atomic E-state index is -3.41. The van der Waals surface area contributed by atoms with Crippen molar-refractivity contribution in [2.24, 2.45) is 5.92 Å². The minimum Gasteiger partial charge on any atom is -0.212 e. The predicted octanol–water partition coefficient (Wildman–Crippen LogP) is 4.66. The van der Waals surface area contributed by atoms with Crippen LogP contribution in [0.1, 0.15) is 37.4 Å². The van der Waals surface area contributed by atoms with E-state index in [0.717, 1.165) is 22.0 Å². The van der Waals surface area contributed by atoms with Crippen molar-refractivity contribution in [1.29, 1.82) is 0 Å². The Morgan fingerprint density at radius 2 is 1.61 bits per heavy atom. The summed E-state index contributed by atoms with van der Waals surface area (Å²) in [6.45, 7) is 4.19. The van der Waals surface area contributed by atoms with Gasteiger partial charge in [-0.25, -0.2) is 13.1 Å². The van der Waals surface area contributed by atoms with Crippen molar-refractivity contribution in [3.05, 3.63) is 70.2 Å². The fourth-order valence-corrected chi connectivity index (χ4v) is 4.11. The van der Waals surface area contributed by atoms with Crippen molar-refractivity contribution in [2.45, 2.75) is 32.1 Å². The van der Waals surface area contributed by atoms with Crippen LogP contribution < -0.4 is 4.72 Å². The number of halogens is 1.